The first-order valence-corrected chi connectivity index (χ1v) is 5.87. The molecule has 0 N–H and O–H groups in total. The minimum atomic E-state index is 0.347. The first kappa shape index (κ1) is 10.7. The van der Waals surface area contributed by atoms with Gasteiger partial charge in [-0.05, 0) is 36.1 Å². The van der Waals surface area contributed by atoms with Crippen molar-refractivity contribution in [1.29, 1.82) is 0 Å². The van der Waals surface area contributed by atoms with Crippen molar-refractivity contribution >= 4 is 21.7 Å². The summed E-state index contributed by atoms with van der Waals surface area (Å²) in [4.78, 5) is 11.4. The van der Waals surface area contributed by atoms with Gasteiger partial charge < -0.3 is 4.74 Å². The van der Waals surface area contributed by atoms with Gasteiger partial charge in [0.2, 0.25) is 0 Å². The lowest BCUT2D eigenvalue weighted by atomic mass is 10.0. The summed E-state index contributed by atoms with van der Waals surface area (Å²) in [6.07, 6.45) is 2.92. The third kappa shape index (κ3) is 2.07. The zero-order chi connectivity index (χ0) is 10.8. The molecule has 1 aromatic carbocycles. The van der Waals surface area contributed by atoms with Crippen molar-refractivity contribution in [1.82, 2.24) is 0 Å². The number of benzene rings is 1. The van der Waals surface area contributed by atoms with E-state index in [1.54, 1.807) is 7.11 Å². The third-order valence-electron chi connectivity index (χ3n) is 2.86. The molecule has 0 radical (unpaired) electrons. The molecule has 0 fully saturated rings. The summed E-state index contributed by atoms with van der Waals surface area (Å²) in [6.45, 7) is 0. The molecule has 0 amide bonds. The summed E-state index contributed by atoms with van der Waals surface area (Å²) in [5.74, 6) is 1.25. The maximum Gasteiger partial charge on any atom is 0.133 e. The molecule has 2 nitrogen and oxygen atoms in total. The van der Waals surface area contributed by atoms with Crippen molar-refractivity contribution in [3.05, 3.63) is 27.7 Å². The van der Waals surface area contributed by atoms with E-state index in [0.717, 1.165) is 23.1 Å². The minimum absolute atomic E-state index is 0.347. The first-order chi connectivity index (χ1) is 7.22. The number of ketones is 1. The number of hydrogen-bond acceptors (Lipinski definition) is 2. The molecular formula is C12H13BrO2. The number of ether oxygens (including phenoxy) is 1. The number of Topliss-reactive ketones (excluding diaryl/α,β-unsaturated/α-hetero) is 1. The van der Waals surface area contributed by atoms with E-state index < -0.39 is 0 Å². The second-order valence-electron chi connectivity index (χ2n) is 3.75. The van der Waals surface area contributed by atoms with Crippen molar-refractivity contribution in [3.63, 3.8) is 0 Å². The Labute approximate surface area is 97.8 Å². The monoisotopic (exact) mass is 268 g/mol. The molecule has 1 aliphatic rings. The number of hydrogen-bond donors (Lipinski definition) is 0. The smallest absolute Gasteiger partial charge is 0.133 e. The van der Waals surface area contributed by atoms with Crippen LogP contribution in [0.2, 0.25) is 0 Å². The Kier molecular flexibility index (Phi) is 3.10. The number of rotatable bonds is 1. The van der Waals surface area contributed by atoms with Crippen molar-refractivity contribution in [3.8, 4) is 5.75 Å². The Morgan fingerprint density at radius 3 is 2.47 bits per heavy atom. The van der Waals surface area contributed by atoms with Crippen LogP contribution in [0.4, 0.5) is 0 Å². The van der Waals surface area contributed by atoms with Gasteiger partial charge in [0.25, 0.3) is 0 Å². The summed E-state index contributed by atoms with van der Waals surface area (Å²) >= 11 is 3.53. The Bertz CT molecular complexity index is 399. The van der Waals surface area contributed by atoms with Gasteiger partial charge in [-0.2, -0.15) is 0 Å². The topological polar surface area (TPSA) is 26.3 Å². The molecule has 2 rings (SSSR count). The van der Waals surface area contributed by atoms with Crippen LogP contribution in [-0.4, -0.2) is 12.9 Å². The van der Waals surface area contributed by atoms with Gasteiger partial charge in [-0.15, -0.1) is 0 Å². The zero-order valence-electron chi connectivity index (χ0n) is 8.68. The van der Waals surface area contributed by atoms with Crippen LogP contribution in [-0.2, 0) is 17.6 Å². The summed E-state index contributed by atoms with van der Waals surface area (Å²) in [5.41, 5.74) is 2.43. The fourth-order valence-corrected chi connectivity index (χ4v) is 2.60. The fraction of sp³-hybridized carbons (Fsp3) is 0.417. The quantitative estimate of drug-likeness (QED) is 0.733. The fourth-order valence-electron chi connectivity index (χ4n) is 2.03. The molecule has 0 bridgehead atoms. The molecule has 1 aliphatic carbocycles. The van der Waals surface area contributed by atoms with Crippen molar-refractivity contribution < 1.29 is 9.53 Å². The SMILES string of the molecule is COc1ccc(Br)c2c1CCC(=O)CC2. The Morgan fingerprint density at radius 2 is 1.80 bits per heavy atom. The maximum absolute atomic E-state index is 11.4. The van der Waals surface area contributed by atoms with Crippen LogP contribution in [0.5, 0.6) is 5.75 Å². The van der Waals surface area contributed by atoms with Crippen LogP contribution >= 0.6 is 15.9 Å². The zero-order valence-corrected chi connectivity index (χ0v) is 10.3. The molecule has 0 atom stereocenters. The number of carbonyl (C=O) groups excluding carboxylic acids is 1. The minimum Gasteiger partial charge on any atom is -0.496 e. The van der Waals surface area contributed by atoms with E-state index in [-0.39, 0.29) is 0 Å². The molecule has 0 saturated heterocycles. The second kappa shape index (κ2) is 4.35. The molecule has 3 heteroatoms. The molecule has 0 aliphatic heterocycles. The van der Waals surface area contributed by atoms with E-state index in [1.165, 1.54) is 11.1 Å². The van der Waals surface area contributed by atoms with E-state index in [0.29, 0.717) is 18.6 Å². The molecule has 0 spiro atoms. The van der Waals surface area contributed by atoms with Crippen molar-refractivity contribution in [2.45, 2.75) is 25.7 Å². The lowest BCUT2D eigenvalue weighted by molar-refractivity contribution is -0.118. The van der Waals surface area contributed by atoms with Crippen molar-refractivity contribution in [2.24, 2.45) is 0 Å². The molecular weight excluding hydrogens is 256 g/mol. The van der Waals surface area contributed by atoms with Gasteiger partial charge in [0.15, 0.2) is 0 Å². The molecule has 0 heterocycles. The van der Waals surface area contributed by atoms with E-state index in [4.69, 9.17) is 4.74 Å². The van der Waals surface area contributed by atoms with Crippen LogP contribution in [0, 0.1) is 0 Å². The molecule has 0 unspecified atom stereocenters. The van der Waals surface area contributed by atoms with Crippen LogP contribution < -0.4 is 4.74 Å². The normalized spacial score (nSPS) is 15.7. The van der Waals surface area contributed by atoms with E-state index >= 15 is 0 Å². The van der Waals surface area contributed by atoms with E-state index in [1.807, 2.05) is 12.1 Å². The summed E-state index contributed by atoms with van der Waals surface area (Å²) < 4.78 is 6.42. The predicted molar refractivity (Wildman–Crippen MR) is 62.3 cm³/mol. The Balaban J connectivity index is 2.48. The summed E-state index contributed by atoms with van der Waals surface area (Å²) in [6, 6.07) is 3.95. The maximum atomic E-state index is 11.4. The highest BCUT2D eigenvalue weighted by molar-refractivity contribution is 9.10. The number of carbonyl (C=O) groups is 1. The predicted octanol–water partition coefficient (Wildman–Crippen LogP) is 2.91. The summed E-state index contributed by atoms with van der Waals surface area (Å²) in [7, 11) is 1.68. The highest BCUT2D eigenvalue weighted by Crippen LogP contribution is 2.33. The number of fused-ring (bicyclic) bond motifs is 1. The third-order valence-corrected chi connectivity index (χ3v) is 3.60. The van der Waals surface area contributed by atoms with Gasteiger partial charge in [-0.1, -0.05) is 15.9 Å². The molecule has 15 heavy (non-hydrogen) atoms. The van der Waals surface area contributed by atoms with Gasteiger partial charge >= 0.3 is 0 Å². The van der Waals surface area contributed by atoms with Crippen LogP contribution in [0.15, 0.2) is 16.6 Å². The Hall–Kier alpha value is -0.830. The highest BCUT2D eigenvalue weighted by Gasteiger charge is 2.18. The van der Waals surface area contributed by atoms with Gasteiger partial charge in [0.05, 0.1) is 7.11 Å². The Morgan fingerprint density at radius 1 is 1.13 bits per heavy atom. The van der Waals surface area contributed by atoms with Crippen molar-refractivity contribution in [2.75, 3.05) is 7.11 Å². The molecule has 0 aromatic heterocycles. The lowest BCUT2D eigenvalue weighted by Crippen LogP contribution is -1.97. The van der Waals surface area contributed by atoms with Gasteiger partial charge in [0.1, 0.15) is 11.5 Å². The largest absolute Gasteiger partial charge is 0.496 e. The second-order valence-corrected chi connectivity index (χ2v) is 4.60. The highest BCUT2D eigenvalue weighted by atomic mass is 79.9. The van der Waals surface area contributed by atoms with Gasteiger partial charge in [0, 0.05) is 17.3 Å². The number of halogens is 1. The first-order valence-electron chi connectivity index (χ1n) is 5.08. The van der Waals surface area contributed by atoms with E-state index in [9.17, 15) is 4.79 Å². The lowest BCUT2D eigenvalue weighted by Gasteiger charge is -2.12. The van der Waals surface area contributed by atoms with Crippen LogP contribution in [0.25, 0.3) is 0 Å². The molecule has 1 aromatic rings. The molecule has 0 saturated carbocycles. The van der Waals surface area contributed by atoms with E-state index in [2.05, 4.69) is 15.9 Å². The average Bonchev–Trinajstić information content (AvgIpc) is 2.43. The van der Waals surface area contributed by atoms with Gasteiger partial charge in [-0.3, -0.25) is 4.79 Å². The van der Waals surface area contributed by atoms with Gasteiger partial charge in [-0.25, -0.2) is 0 Å². The summed E-state index contributed by atoms with van der Waals surface area (Å²) in [5, 5.41) is 0. The average molecular weight is 269 g/mol. The van der Waals surface area contributed by atoms with Crippen LogP contribution in [0.3, 0.4) is 0 Å². The number of methoxy groups -OCH3 is 1. The standard InChI is InChI=1S/C12H13BrO2/c1-15-12-7-6-11(13)9-4-2-8(14)3-5-10(9)12/h6-7H,2-5H2,1H3. The van der Waals surface area contributed by atoms with Crippen LogP contribution in [0.1, 0.15) is 24.0 Å². The molecule has 80 valence electrons.